The first kappa shape index (κ1) is 17.0. The molecule has 2 fully saturated rings. The van der Waals surface area contributed by atoms with Crippen molar-refractivity contribution in [2.24, 2.45) is 5.41 Å². The summed E-state index contributed by atoms with van der Waals surface area (Å²) in [5.41, 5.74) is 1.26. The van der Waals surface area contributed by atoms with E-state index >= 15 is 0 Å². The molecule has 2 saturated carbocycles. The standard InChI is InChI=1S/C19H25NO4/c1-3-24-16-12-15(19(16)9-4-10-19)20(2)17(21)11-13-5-7-14(8-6-13)18(22)23/h5-8,15-16H,3-4,9-12H2,1-2H3,(H,22,23). The number of likely N-dealkylation sites (N-methyl/N-ethyl adjacent to an activating group) is 1. The second-order valence-electron chi connectivity index (χ2n) is 6.97. The van der Waals surface area contributed by atoms with Crippen LogP contribution >= 0.6 is 0 Å². The summed E-state index contributed by atoms with van der Waals surface area (Å²) in [4.78, 5) is 25.4. The molecule has 1 aromatic rings. The van der Waals surface area contributed by atoms with E-state index in [2.05, 4.69) is 0 Å². The average Bonchev–Trinajstić information content (AvgIpc) is 2.49. The number of rotatable bonds is 6. The van der Waals surface area contributed by atoms with Gasteiger partial charge in [-0.2, -0.15) is 0 Å². The Labute approximate surface area is 142 Å². The number of benzene rings is 1. The average molecular weight is 331 g/mol. The minimum absolute atomic E-state index is 0.0873. The van der Waals surface area contributed by atoms with Crippen molar-refractivity contribution in [3.63, 3.8) is 0 Å². The molecule has 0 heterocycles. The van der Waals surface area contributed by atoms with E-state index in [4.69, 9.17) is 9.84 Å². The molecule has 130 valence electrons. The third-order valence-corrected chi connectivity index (χ3v) is 5.81. The number of nitrogens with zero attached hydrogens (tertiary/aromatic N) is 1. The van der Waals surface area contributed by atoms with Crippen LogP contribution in [-0.4, -0.2) is 47.7 Å². The van der Waals surface area contributed by atoms with Gasteiger partial charge in [0, 0.05) is 25.1 Å². The minimum Gasteiger partial charge on any atom is -0.478 e. The van der Waals surface area contributed by atoms with Crippen molar-refractivity contribution in [2.75, 3.05) is 13.7 Å². The number of carboxylic acids is 1. The first-order chi connectivity index (χ1) is 11.5. The number of carbonyl (C=O) groups excluding carboxylic acids is 1. The lowest BCUT2D eigenvalue weighted by Gasteiger charge is -2.63. The van der Waals surface area contributed by atoms with Crippen LogP contribution in [0.1, 0.15) is 48.5 Å². The molecule has 0 bridgehead atoms. The van der Waals surface area contributed by atoms with Gasteiger partial charge in [0.25, 0.3) is 0 Å². The first-order valence-corrected chi connectivity index (χ1v) is 8.67. The van der Waals surface area contributed by atoms with Gasteiger partial charge >= 0.3 is 5.97 Å². The second-order valence-corrected chi connectivity index (χ2v) is 6.97. The molecule has 0 aliphatic heterocycles. The molecule has 0 radical (unpaired) electrons. The number of amides is 1. The molecular weight excluding hydrogens is 306 g/mol. The molecule has 0 saturated heterocycles. The summed E-state index contributed by atoms with van der Waals surface area (Å²) in [5, 5.41) is 8.93. The Morgan fingerprint density at radius 1 is 1.29 bits per heavy atom. The number of aromatic carboxylic acids is 1. The van der Waals surface area contributed by atoms with E-state index in [1.165, 1.54) is 6.42 Å². The van der Waals surface area contributed by atoms with Crippen molar-refractivity contribution in [3.05, 3.63) is 35.4 Å². The molecule has 24 heavy (non-hydrogen) atoms. The Morgan fingerprint density at radius 3 is 2.46 bits per heavy atom. The maximum Gasteiger partial charge on any atom is 0.335 e. The Balaban J connectivity index is 1.62. The highest BCUT2D eigenvalue weighted by Crippen LogP contribution is 2.58. The molecular formula is C19H25NO4. The largest absolute Gasteiger partial charge is 0.478 e. The molecule has 1 aromatic carbocycles. The van der Waals surface area contributed by atoms with Crippen LogP contribution < -0.4 is 0 Å². The van der Waals surface area contributed by atoms with Crippen LogP contribution in [0.5, 0.6) is 0 Å². The zero-order valence-corrected chi connectivity index (χ0v) is 14.3. The maximum atomic E-state index is 12.6. The number of carboxylic acid groups (broad SMARTS) is 1. The monoisotopic (exact) mass is 331 g/mol. The highest BCUT2D eigenvalue weighted by molar-refractivity contribution is 5.87. The van der Waals surface area contributed by atoms with Crippen LogP contribution in [0.2, 0.25) is 0 Å². The summed E-state index contributed by atoms with van der Waals surface area (Å²) in [7, 11) is 1.89. The van der Waals surface area contributed by atoms with Gasteiger partial charge in [0.2, 0.25) is 5.91 Å². The second kappa shape index (κ2) is 6.55. The van der Waals surface area contributed by atoms with Crippen molar-refractivity contribution in [3.8, 4) is 0 Å². The molecule has 2 aliphatic rings. The quantitative estimate of drug-likeness (QED) is 0.870. The number of hydrogen-bond donors (Lipinski definition) is 1. The molecule has 1 N–H and O–H groups in total. The Bertz CT molecular complexity index is 621. The summed E-state index contributed by atoms with van der Waals surface area (Å²) in [5.74, 6) is -0.863. The number of carbonyl (C=O) groups is 2. The lowest BCUT2D eigenvalue weighted by molar-refractivity contribution is -0.202. The minimum atomic E-state index is -0.951. The van der Waals surface area contributed by atoms with Crippen molar-refractivity contribution in [1.82, 2.24) is 4.90 Å². The fraction of sp³-hybridized carbons (Fsp3) is 0.579. The number of ether oxygens (including phenoxy) is 1. The lowest BCUT2D eigenvalue weighted by atomic mass is 9.50. The van der Waals surface area contributed by atoms with E-state index in [0.29, 0.717) is 12.5 Å². The Morgan fingerprint density at radius 2 is 1.96 bits per heavy atom. The van der Waals surface area contributed by atoms with Gasteiger partial charge in [-0.25, -0.2) is 4.79 Å². The fourth-order valence-corrected chi connectivity index (χ4v) is 4.18. The molecule has 1 amide bonds. The normalized spacial score (nSPS) is 24.1. The van der Waals surface area contributed by atoms with E-state index in [1.807, 2.05) is 18.9 Å². The van der Waals surface area contributed by atoms with Gasteiger partial charge in [0.15, 0.2) is 0 Å². The van der Waals surface area contributed by atoms with Crippen LogP contribution in [0.15, 0.2) is 24.3 Å². The summed E-state index contributed by atoms with van der Waals surface area (Å²) in [6, 6.07) is 6.81. The summed E-state index contributed by atoms with van der Waals surface area (Å²) in [6.07, 6.45) is 5.04. The molecule has 5 heteroatoms. The van der Waals surface area contributed by atoms with E-state index in [9.17, 15) is 9.59 Å². The molecule has 1 spiro atoms. The van der Waals surface area contributed by atoms with Crippen LogP contribution in [0.3, 0.4) is 0 Å². The zero-order valence-electron chi connectivity index (χ0n) is 14.3. The van der Waals surface area contributed by atoms with Crippen molar-refractivity contribution >= 4 is 11.9 Å². The summed E-state index contributed by atoms with van der Waals surface area (Å²) >= 11 is 0. The number of hydrogen-bond acceptors (Lipinski definition) is 3. The summed E-state index contributed by atoms with van der Waals surface area (Å²) < 4.78 is 5.86. The van der Waals surface area contributed by atoms with Gasteiger partial charge in [-0.05, 0) is 43.9 Å². The van der Waals surface area contributed by atoms with Gasteiger partial charge in [-0.15, -0.1) is 0 Å². The third kappa shape index (κ3) is 2.81. The van der Waals surface area contributed by atoms with Crippen molar-refractivity contribution in [1.29, 1.82) is 0 Å². The Hall–Kier alpha value is -1.88. The van der Waals surface area contributed by atoms with E-state index in [1.54, 1.807) is 24.3 Å². The molecule has 3 rings (SSSR count). The van der Waals surface area contributed by atoms with Crippen LogP contribution in [-0.2, 0) is 16.0 Å². The molecule has 2 atom stereocenters. The van der Waals surface area contributed by atoms with Gasteiger partial charge < -0.3 is 14.7 Å². The SMILES string of the molecule is CCOC1CC(N(C)C(=O)Cc2ccc(C(=O)O)cc2)C12CCC2. The fourth-order valence-electron chi connectivity index (χ4n) is 4.18. The zero-order chi connectivity index (χ0) is 17.3. The highest BCUT2D eigenvalue weighted by atomic mass is 16.5. The first-order valence-electron chi connectivity index (χ1n) is 8.67. The lowest BCUT2D eigenvalue weighted by Crippen LogP contribution is -2.67. The van der Waals surface area contributed by atoms with Gasteiger partial charge in [0.1, 0.15) is 0 Å². The van der Waals surface area contributed by atoms with Gasteiger partial charge in [-0.1, -0.05) is 18.6 Å². The smallest absolute Gasteiger partial charge is 0.335 e. The topological polar surface area (TPSA) is 66.8 Å². The molecule has 5 nitrogen and oxygen atoms in total. The highest BCUT2D eigenvalue weighted by Gasteiger charge is 2.60. The third-order valence-electron chi connectivity index (χ3n) is 5.81. The Kier molecular flexibility index (Phi) is 4.63. The van der Waals surface area contributed by atoms with E-state index < -0.39 is 5.97 Å². The maximum absolute atomic E-state index is 12.6. The van der Waals surface area contributed by atoms with Crippen LogP contribution in [0.4, 0.5) is 0 Å². The predicted molar refractivity (Wildman–Crippen MR) is 90.0 cm³/mol. The molecule has 2 aliphatic carbocycles. The summed E-state index contributed by atoms with van der Waals surface area (Å²) in [6.45, 7) is 2.75. The molecule has 2 unspecified atom stereocenters. The van der Waals surface area contributed by atoms with Crippen molar-refractivity contribution < 1.29 is 19.4 Å². The van der Waals surface area contributed by atoms with E-state index in [0.717, 1.165) is 31.4 Å². The molecule has 0 aromatic heterocycles. The van der Waals surface area contributed by atoms with Crippen molar-refractivity contribution in [2.45, 2.75) is 51.2 Å². The van der Waals surface area contributed by atoms with Gasteiger partial charge in [-0.3, -0.25) is 4.79 Å². The van der Waals surface area contributed by atoms with E-state index in [-0.39, 0.29) is 22.9 Å². The van der Waals surface area contributed by atoms with Crippen LogP contribution in [0, 0.1) is 5.41 Å². The predicted octanol–water partition coefficient (Wildman–Crippen LogP) is 2.73. The van der Waals surface area contributed by atoms with Gasteiger partial charge in [0.05, 0.1) is 18.1 Å². The van der Waals surface area contributed by atoms with Crippen LogP contribution in [0.25, 0.3) is 0 Å².